The van der Waals surface area contributed by atoms with E-state index in [1.165, 1.54) is 4.68 Å². The monoisotopic (exact) mass is 468 g/mol. The summed E-state index contributed by atoms with van der Waals surface area (Å²) >= 11 is 12.4. The van der Waals surface area contributed by atoms with Crippen LogP contribution < -0.4 is 11.1 Å². The Bertz CT molecular complexity index is 1200. The van der Waals surface area contributed by atoms with E-state index in [2.05, 4.69) is 25.9 Å². The second kappa shape index (κ2) is 9.39. The molecule has 166 valence electrons. The maximum atomic E-state index is 13.2. The van der Waals surface area contributed by atoms with Gasteiger partial charge in [-0.25, -0.2) is 9.48 Å². The number of aromatic nitrogens is 3. The molecule has 1 aromatic heterocycles. The number of nitrogens with zero attached hydrogens (tertiary/aromatic N) is 3. The van der Waals surface area contributed by atoms with Gasteiger partial charge in [0.2, 0.25) is 0 Å². The van der Waals surface area contributed by atoms with E-state index in [0.717, 1.165) is 35.1 Å². The predicted octanol–water partition coefficient (Wildman–Crippen LogP) is 5.86. The average Bonchev–Trinajstić information content (AvgIpc) is 3.07. The van der Waals surface area contributed by atoms with Gasteiger partial charge in [0.25, 0.3) is 0 Å². The highest BCUT2D eigenvalue weighted by atomic mass is 35.5. The van der Waals surface area contributed by atoms with Crippen LogP contribution in [0.25, 0.3) is 11.1 Å². The lowest BCUT2D eigenvalue weighted by molar-refractivity contribution is 0.467. The highest BCUT2D eigenvalue weighted by molar-refractivity contribution is 6.31. The Balaban J connectivity index is 2.01. The van der Waals surface area contributed by atoms with Crippen molar-refractivity contribution in [3.05, 3.63) is 98.7 Å². The summed E-state index contributed by atoms with van der Waals surface area (Å²) in [4.78, 5) is 13.2. The highest BCUT2D eigenvalue weighted by Gasteiger charge is 2.32. The quantitative estimate of drug-likeness (QED) is 0.441. The summed E-state index contributed by atoms with van der Waals surface area (Å²) in [6.45, 7) is 8.56. The Hall–Kier alpha value is -2.76. The van der Waals surface area contributed by atoms with Crippen molar-refractivity contribution in [2.45, 2.75) is 39.3 Å². The molecule has 0 saturated carbocycles. The molecule has 1 aliphatic rings. The van der Waals surface area contributed by atoms with Crippen molar-refractivity contribution in [2.24, 2.45) is 5.92 Å². The van der Waals surface area contributed by atoms with Gasteiger partial charge in [0.15, 0.2) is 5.82 Å². The fourth-order valence-electron chi connectivity index (χ4n) is 4.04. The number of hydrogen-bond donors (Lipinski definition) is 1. The summed E-state index contributed by atoms with van der Waals surface area (Å²) < 4.78 is 3.12. The molecule has 0 spiro atoms. The first kappa shape index (κ1) is 22.4. The normalized spacial score (nSPS) is 15.6. The molecule has 0 fully saturated rings. The summed E-state index contributed by atoms with van der Waals surface area (Å²) in [6, 6.07) is 15.3. The summed E-state index contributed by atoms with van der Waals surface area (Å²) in [5.41, 5.74) is 7.22. The van der Waals surface area contributed by atoms with Gasteiger partial charge in [-0.15, -0.1) is 11.7 Å². The lowest BCUT2D eigenvalue weighted by Crippen LogP contribution is -2.41. The van der Waals surface area contributed by atoms with Gasteiger partial charge in [-0.3, -0.25) is 0 Å². The third-order valence-corrected chi connectivity index (χ3v) is 5.96. The SMILES string of the molecule is C=CCCC1Nn2c(nn(CC(C)C)c2=O)C(c2ccc(Cl)cc2)=C1c1ccc(Cl)cc1. The van der Waals surface area contributed by atoms with E-state index in [0.29, 0.717) is 28.3 Å². The van der Waals surface area contributed by atoms with E-state index in [1.807, 2.05) is 54.6 Å². The molecule has 0 aliphatic carbocycles. The number of fused-ring (bicyclic) bond motifs is 1. The van der Waals surface area contributed by atoms with Gasteiger partial charge in [-0.05, 0) is 59.7 Å². The van der Waals surface area contributed by atoms with Gasteiger partial charge in [0.1, 0.15) is 0 Å². The third-order valence-electron chi connectivity index (χ3n) is 5.45. The van der Waals surface area contributed by atoms with Crippen molar-refractivity contribution in [3.63, 3.8) is 0 Å². The molecule has 0 bridgehead atoms. The number of nitrogens with one attached hydrogen (secondary N) is 1. The molecule has 0 amide bonds. The minimum Gasteiger partial charge on any atom is -0.312 e. The number of halogens is 2. The van der Waals surface area contributed by atoms with Crippen LogP contribution in [0.1, 0.15) is 43.6 Å². The minimum atomic E-state index is -0.168. The maximum Gasteiger partial charge on any atom is 0.365 e. The van der Waals surface area contributed by atoms with Gasteiger partial charge >= 0.3 is 5.69 Å². The van der Waals surface area contributed by atoms with Gasteiger partial charge in [0.05, 0.1) is 6.04 Å². The van der Waals surface area contributed by atoms with E-state index >= 15 is 0 Å². The molecule has 2 aromatic carbocycles. The Morgan fingerprint density at radius 2 is 1.66 bits per heavy atom. The maximum absolute atomic E-state index is 13.2. The Morgan fingerprint density at radius 3 is 2.22 bits per heavy atom. The second-order valence-electron chi connectivity index (χ2n) is 8.37. The molecule has 1 unspecified atom stereocenters. The standard InChI is InChI=1S/C25H26Cl2N4O/c1-4-5-6-21-22(17-7-11-19(26)12-8-17)23(18-9-13-20(27)14-10-18)24-29-30(15-16(2)3)25(32)31(24)28-21/h4,7-14,16,21,28H,1,5-6,15H2,2-3H3. The molecule has 1 aliphatic heterocycles. The number of benzene rings is 2. The minimum absolute atomic E-state index is 0.109. The lowest BCUT2D eigenvalue weighted by atomic mass is 9.86. The van der Waals surface area contributed by atoms with Crippen molar-refractivity contribution >= 4 is 34.3 Å². The molecule has 2 heterocycles. The van der Waals surface area contributed by atoms with Crippen LogP contribution in [-0.4, -0.2) is 20.5 Å². The smallest absolute Gasteiger partial charge is 0.312 e. The number of rotatable bonds is 7. The van der Waals surface area contributed by atoms with Gasteiger partial charge in [-0.2, -0.15) is 4.68 Å². The van der Waals surface area contributed by atoms with Crippen molar-refractivity contribution < 1.29 is 0 Å². The van der Waals surface area contributed by atoms with E-state index in [-0.39, 0.29) is 11.7 Å². The molecule has 32 heavy (non-hydrogen) atoms. The van der Waals surface area contributed by atoms with Crippen LogP contribution in [0.4, 0.5) is 0 Å². The summed E-state index contributed by atoms with van der Waals surface area (Å²) in [7, 11) is 0. The first-order chi connectivity index (χ1) is 15.4. The molecular weight excluding hydrogens is 443 g/mol. The Kier molecular flexibility index (Phi) is 6.58. The summed E-state index contributed by atoms with van der Waals surface area (Å²) in [5.74, 6) is 0.887. The zero-order valence-corrected chi connectivity index (χ0v) is 19.7. The molecule has 1 atom stereocenters. The molecular formula is C25H26Cl2N4O. The van der Waals surface area contributed by atoms with Gasteiger partial charge in [0, 0.05) is 22.2 Å². The van der Waals surface area contributed by atoms with Crippen molar-refractivity contribution in [1.29, 1.82) is 0 Å². The second-order valence-corrected chi connectivity index (χ2v) is 9.24. The average molecular weight is 469 g/mol. The molecule has 5 nitrogen and oxygen atoms in total. The molecule has 4 rings (SSSR count). The van der Waals surface area contributed by atoms with Crippen LogP contribution in [0.3, 0.4) is 0 Å². The zero-order valence-electron chi connectivity index (χ0n) is 18.2. The van der Waals surface area contributed by atoms with E-state index in [1.54, 1.807) is 4.68 Å². The topological polar surface area (TPSA) is 51.9 Å². The highest BCUT2D eigenvalue weighted by Crippen LogP contribution is 2.38. The van der Waals surface area contributed by atoms with Crippen molar-refractivity contribution in [2.75, 3.05) is 5.43 Å². The van der Waals surface area contributed by atoms with Crippen LogP contribution in [0.2, 0.25) is 10.0 Å². The Morgan fingerprint density at radius 1 is 1.06 bits per heavy atom. The van der Waals surface area contributed by atoms with Gasteiger partial charge < -0.3 is 5.43 Å². The lowest BCUT2D eigenvalue weighted by Gasteiger charge is -2.31. The first-order valence-corrected chi connectivity index (χ1v) is 11.5. The molecule has 1 N–H and O–H groups in total. The fourth-order valence-corrected chi connectivity index (χ4v) is 4.29. The molecule has 3 aromatic rings. The predicted molar refractivity (Wildman–Crippen MR) is 133 cm³/mol. The number of hydrogen-bond acceptors (Lipinski definition) is 3. The van der Waals surface area contributed by atoms with Crippen molar-refractivity contribution in [3.8, 4) is 0 Å². The summed E-state index contributed by atoms with van der Waals surface area (Å²) in [5, 5.41) is 6.07. The molecule has 7 heteroatoms. The first-order valence-electron chi connectivity index (χ1n) is 10.7. The van der Waals surface area contributed by atoms with E-state index in [9.17, 15) is 4.79 Å². The Labute approximate surface area is 197 Å². The summed E-state index contributed by atoms with van der Waals surface area (Å²) in [6.07, 6.45) is 3.47. The van der Waals surface area contributed by atoms with Gasteiger partial charge in [-0.1, -0.05) is 67.4 Å². The van der Waals surface area contributed by atoms with E-state index in [4.69, 9.17) is 28.3 Å². The largest absolute Gasteiger partial charge is 0.365 e. The van der Waals surface area contributed by atoms with Crippen LogP contribution in [0.15, 0.2) is 66.0 Å². The molecule has 0 radical (unpaired) electrons. The van der Waals surface area contributed by atoms with Crippen LogP contribution in [0.5, 0.6) is 0 Å². The number of allylic oxidation sites excluding steroid dienone is 1. The van der Waals surface area contributed by atoms with Crippen LogP contribution in [-0.2, 0) is 6.54 Å². The molecule has 0 saturated heterocycles. The van der Waals surface area contributed by atoms with Crippen LogP contribution in [0, 0.1) is 5.92 Å². The zero-order chi connectivity index (χ0) is 22.8. The fraction of sp³-hybridized carbons (Fsp3) is 0.280. The van der Waals surface area contributed by atoms with Crippen molar-refractivity contribution in [1.82, 2.24) is 14.5 Å². The van der Waals surface area contributed by atoms with E-state index < -0.39 is 0 Å². The van der Waals surface area contributed by atoms with Crippen LogP contribution >= 0.6 is 23.2 Å². The third kappa shape index (κ3) is 4.41.